The van der Waals surface area contributed by atoms with Crippen molar-refractivity contribution in [2.45, 2.75) is 6.92 Å². The summed E-state index contributed by atoms with van der Waals surface area (Å²) in [6.07, 6.45) is 0. The van der Waals surface area contributed by atoms with E-state index in [0.29, 0.717) is 17.7 Å². The highest BCUT2D eigenvalue weighted by Crippen LogP contribution is 2.23. The number of halogens is 2. The number of carbonyl (C=O) groups is 1. The van der Waals surface area contributed by atoms with Crippen LogP contribution in [0.1, 0.15) is 22.8 Å². The molecule has 0 aliphatic heterocycles. The van der Waals surface area contributed by atoms with Gasteiger partial charge in [-0.15, -0.1) is 0 Å². The second-order valence-corrected chi connectivity index (χ2v) is 4.72. The highest BCUT2D eigenvalue weighted by molar-refractivity contribution is 14.1. The predicted molar refractivity (Wildman–Crippen MR) is 67.5 cm³/mol. The van der Waals surface area contributed by atoms with Crippen LogP contribution in [-0.2, 0) is 4.74 Å². The summed E-state index contributed by atoms with van der Waals surface area (Å²) in [6.45, 7) is 2.03. The molecule has 0 fully saturated rings. The number of esters is 1. The van der Waals surface area contributed by atoms with Crippen molar-refractivity contribution in [1.29, 1.82) is 5.26 Å². The van der Waals surface area contributed by atoms with E-state index in [4.69, 9.17) is 10.00 Å². The van der Waals surface area contributed by atoms with Gasteiger partial charge in [0.2, 0.25) is 0 Å². The maximum absolute atomic E-state index is 11.5. The zero-order valence-electron chi connectivity index (χ0n) is 7.88. The molecule has 15 heavy (non-hydrogen) atoms. The largest absolute Gasteiger partial charge is 0.462 e. The topological polar surface area (TPSA) is 50.1 Å². The van der Waals surface area contributed by atoms with Crippen molar-refractivity contribution in [1.82, 2.24) is 0 Å². The van der Waals surface area contributed by atoms with Crippen LogP contribution in [0, 0.1) is 14.9 Å². The molecule has 0 spiro atoms. The molecule has 0 radical (unpaired) electrons. The molecule has 0 unspecified atom stereocenters. The molecule has 1 rings (SSSR count). The fourth-order valence-corrected chi connectivity index (χ4v) is 2.69. The van der Waals surface area contributed by atoms with Gasteiger partial charge in [0.25, 0.3) is 0 Å². The van der Waals surface area contributed by atoms with Gasteiger partial charge in [-0.25, -0.2) is 4.79 Å². The minimum absolute atomic E-state index is 0.298. The quantitative estimate of drug-likeness (QED) is 0.586. The number of carbonyl (C=O) groups excluding carboxylic acids is 1. The summed E-state index contributed by atoms with van der Waals surface area (Å²) in [5.74, 6) is -0.465. The summed E-state index contributed by atoms with van der Waals surface area (Å²) >= 11 is 5.29. The van der Waals surface area contributed by atoms with E-state index < -0.39 is 5.97 Å². The van der Waals surface area contributed by atoms with E-state index in [1.54, 1.807) is 19.1 Å². The van der Waals surface area contributed by atoms with Gasteiger partial charge in [0.15, 0.2) is 0 Å². The molecule has 0 aliphatic carbocycles. The third kappa shape index (κ3) is 2.92. The molecule has 0 N–H and O–H groups in total. The van der Waals surface area contributed by atoms with E-state index in [9.17, 15) is 4.79 Å². The van der Waals surface area contributed by atoms with Crippen molar-refractivity contribution in [3.8, 4) is 6.07 Å². The first-order valence-corrected chi connectivity index (χ1v) is 6.03. The van der Waals surface area contributed by atoms with Crippen LogP contribution in [0.2, 0.25) is 0 Å². The van der Waals surface area contributed by atoms with Crippen molar-refractivity contribution in [3.05, 3.63) is 31.3 Å². The fraction of sp³-hybridized carbons (Fsp3) is 0.200. The first-order valence-electron chi connectivity index (χ1n) is 4.16. The number of nitrogens with zero attached hydrogens (tertiary/aromatic N) is 1. The Bertz CT molecular complexity index is 440. The maximum atomic E-state index is 11.5. The van der Waals surface area contributed by atoms with Crippen LogP contribution in [0.4, 0.5) is 0 Å². The summed E-state index contributed by atoms with van der Waals surface area (Å²) in [7, 11) is 0. The Labute approximate surface area is 110 Å². The van der Waals surface area contributed by atoms with E-state index in [0.717, 1.165) is 8.04 Å². The maximum Gasteiger partial charge on any atom is 0.339 e. The van der Waals surface area contributed by atoms with Crippen molar-refractivity contribution in [3.63, 3.8) is 0 Å². The summed E-state index contributed by atoms with van der Waals surface area (Å²) in [4.78, 5) is 11.5. The summed E-state index contributed by atoms with van der Waals surface area (Å²) in [6, 6.07) is 5.38. The Morgan fingerprint density at radius 3 is 2.87 bits per heavy atom. The SMILES string of the molecule is CCOC(=O)c1cc(Br)cc(I)c1C#N. The van der Waals surface area contributed by atoms with E-state index >= 15 is 0 Å². The van der Waals surface area contributed by atoms with Crippen LogP contribution >= 0.6 is 38.5 Å². The van der Waals surface area contributed by atoms with Gasteiger partial charge in [-0.3, -0.25) is 0 Å². The zero-order valence-corrected chi connectivity index (χ0v) is 11.6. The van der Waals surface area contributed by atoms with E-state index in [1.165, 1.54) is 0 Å². The Morgan fingerprint density at radius 2 is 2.33 bits per heavy atom. The minimum Gasteiger partial charge on any atom is -0.462 e. The molecule has 1 aromatic rings. The lowest BCUT2D eigenvalue weighted by atomic mass is 10.1. The molecule has 78 valence electrons. The fourth-order valence-electron chi connectivity index (χ4n) is 1.06. The molecule has 0 aromatic heterocycles. The second-order valence-electron chi connectivity index (χ2n) is 2.64. The van der Waals surface area contributed by atoms with E-state index in [2.05, 4.69) is 15.9 Å². The summed E-state index contributed by atoms with van der Waals surface area (Å²) in [5.41, 5.74) is 0.662. The van der Waals surface area contributed by atoms with Gasteiger partial charge in [0.05, 0.1) is 17.7 Å². The summed E-state index contributed by atoms with van der Waals surface area (Å²) < 4.78 is 6.35. The molecule has 0 saturated heterocycles. The van der Waals surface area contributed by atoms with E-state index in [-0.39, 0.29) is 0 Å². The molecule has 1 aromatic carbocycles. The lowest BCUT2D eigenvalue weighted by molar-refractivity contribution is 0.0526. The van der Waals surface area contributed by atoms with Crippen LogP contribution < -0.4 is 0 Å². The smallest absolute Gasteiger partial charge is 0.339 e. The highest BCUT2D eigenvalue weighted by Gasteiger charge is 2.15. The van der Waals surface area contributed by atoms with E-state index in [1.807, 2.05) is 28.7 Å². The Kier molecular flexibility index (Phi) is 4.54. The summed E-state index contributed by atoms with van der Waals surface area (Å²) in [5, 5.41) is 8.93. The number of rotatable bonds is 2. The molecule has 3 nitrogen and oxygen atoms in total. The Morgan fingerprint density at radius 1 is 1.67 bits per heavy atom. The molecule has 0 atom stereocenters. The van der Waals surface area contributed by atoms with Gasteiger partial charge in [-0.2, -0.15) is 5.26 Å². The molecule has 0 amide bonds. The molecule has 5 heteroatoms. The molecule has 0 bridgehead atoms. The van der Waals surface area contributed by atoms with Gasteiger partial charge in [-0.1, -0.05) is 15.9 Å². The number of hydrogen-bond acceptors (Lipinski definition) is 3. The standard InChI is InChI=1S/C10H7BrINO2/c1-2-15-10(14)7-3-6(11)4-9(12)8(7)5-13/h3-4H,2H2,1H3. The van der Waals surface area contributed by atoms with Gasteiger partial charge in [0.1, 0.15) is 6.07 Å². The first-order chi connectivity index (χ1) is 7.10. The van der Waals surface area contributed by atoms with Crippen LogP contribution in [0.5, 0.6) is 0 Å². The number of hydrogen-bond donors (Lipinski definition) is 0. The Balaban J connectivity index is 3.28. The lowest BCUT2D eigenvalue weighted by Crippen LogP contribution is -2.08. The van der Waals surface area contributed by atoms with Gasteiger partial charge >= 0.3 is 5.97 Å². The first kappa shape index (κ1) is 12.5. The van der Waals surface area contributed by atoms with Crippen LogP contribution in [0.15, 0.2) is 16.6 Å². The lowest BCUT2D eigenvalue weighted by Gasteiger charge is -2.06. The van der Waals surface area contributed by atoms with Crippen molar-refractivity contribution in [2.24, 2.45) is 0 Å². The van der Waals surface area contributed by atoms with Crippen molar-refractivity contribution < 1.29 is 9.53 Å². The number of benzene rings is 1. The van der Waals surface area contributed by atoms with Gasteiger partial charge < -0.3 is 4.74 Å². The third-order valence-electron chi connectivity index (χ3n) is 1.66. The Hall–Kier alpha value is -0.610. The normalized spacial score (nSPS) is 9.47. The van der Waals surface area contributed by atoms with Gasteiger partial charge in [0, 0.05) is 8.04 Å². The monoisotopic (exact) mass is 379 g/mol. The average molecular weight is 380 g/mol. The minimum atomic E-state index is -0.465. The van der Waals surface area contributed by atoms with Crippen LogP contribution in [0.25, 0.3) is 0 Å². The van der Waals surface area contributed by atoms with Crippen LogP contribution in [0.3, 0.4) is 0 Å². The third-order valence-corrected chi connectivity index (χ3v) is 2.97. The van der Waals surface area contributed by atoms with Gasteiger partial charge in [-0.05, 0) is 41.6 Å². The van der Waals surface area contributed by atoms with Crippen molar-refractivity contribution >= 4 is 44.5 Å². The number of nitriles is 1. The molecular weight excluding hydrogens is 373 g/mol. The molecule has 0 heterocycles. The second kappa shape index (κ2) is 5.47. The van der Waals surface area contributed by atoms with Crippen LogP contribution in [-0.4, -0.2) is 12.6 Å². The predicted octanol–water partition coefficient (Wildman–Crippen LogP) is 3.10. The highest BCUT2D eigenvalue weighted by atomic mass is 127. The average Bonchev–Trinajstić information content (AvgIpc) is 2.17. The molecule has 0 aliphatic rings. The molecular formula is C10H7BrINO2. The number of ether oxygens (including phenoxy) is 1. The zero-order chi connectivity index (χ0) is 11.4. The molecule has 0 saturated carbocycles. The van der Waals surface area contributed by atoms with Crippen molar-refractivity contribution in [2.75, 3.05) is 6.61 Å².